The third kappa shape index (κ3) is 3.40. The second-order valence-corrected chi connectivity index (χ2v) is 6.41. The Morgan fingerprint density at radius 3 is 2.58 bits per heavy atom. The van der Waals surface area contributed by atoms with Crippen LogP contribution < -0.4 is 5.32 Å². The number of nitrogens with one attached hydrogen (secondary N) is 1. The molecule has 2 aliphatic carbocycles. The zero-order valence-electron chi connectivity index (χ0n) is 11.3. The molecular weight excluding hydrogens is 254 g/mol. The highest BCUT2D eigenvalue weighted by Gasteiger charge is 2.30. The number of rotatable bonds is 4. The van der Waals surface area contributed by atoms with Gasteiger partial charge in [0.05, 0.1) is 0 Å². The molecule has 1 N–H and O–H groups in total. The van der Waals surface area contributed by atoms with Crippen LogP contribution in [-0.4, -0.2) is 12.6 Å². The fraction of sp³-hybridized carbons (Fsp3) is 0.529. The average Bonchev–Trinajstić information content (AvgIpc) is 2.40. The van der Waals surface area contributed by atoms with Crippen molar-refractivity contribution in [3.8, 4) is 0 Å². The summed E-state index contributed by atoms with van der Waals surface area (Å²) in [6, 6.07) is 9.09. The van der Waals surface area contributed by atoms with Gasteiger partial charge in [-0.05, 0) is 68.2 Å². The first-order valence-corrected chi connectivity index (χ1v) is 7.83. The predicted molar refractivity (Wildman–Crippen MR) is 81.7 cm³/mol. The van der Waals surface area contributed by atoms with Crippen LogP contribution in [0.15, 0.2) is 36.4 Å². The van der Waals surface area contributed by atoms with Gasteiger partial charge in [-0.2, -0.15) is 0 Å². The summed E-state index contributed by atoms with van der Waals surface area (Å²) in [6.07, 6.45) is 11.1. The SMILES string of the molecule is Clc1ccc(C2CC(NCC3CC=CCC3)C2)cc1. The molecule has 1 unspecified atom stereocenters. The molecule has 1 aromatic carbocycles. The van der Waals surface area contributed by atoms with Crippen molar-refractivity contribution in [1.29, 1.82) is 0 Å². The standard InChI is InChI=1S/C17H22ClN/c18-16-8-6-14(7-9-16)15-10-17(11-15)19-12-13-4-2-1-3-5-13/h1-2,6-9,13,15,17,19H,3-5,10-12H2. The van der Waals surface area contributed by atoms with E-state index in [0.717, 1.165) is 22.9 Å². The average molecular weight is 276 g/mol. The van der Waals surface area contributed by atoms with Gasteiger partial charge in [-0.1, -0.05) is 35.9 Å². The maximum atomic E-state index is 5.92. The first-order chi connectivity index (χ1) is 9.31. The van der Waals surface area contributed by atoms with E-state index >= 15 is 0 Å². The molecule has 0 aromatic heterocycles. The lowest BCUT2D eigenvalue weighted by Gasteiger charge is -2.37. The molecule has 0 spiro atoms. The van der Waals surface area contributed by atoms with E-state index in [2.05, 4.69) is 29.6 Å². The van der Waals surface area contributed by atoms with Crippen molar-refractivity contribution in [1.82, 2.24) is 5.32 Å². The van der Waals surface area contributed by atoms with Crippen molar-refractivity contribution in [2.45, 2.75) is 44.1 Å². The highest BCUT2D eigenvalue weighted by atomic mass is 35.5. The lowest BCUT2D eigenvalue weighted by atomic mass is 9.75. The zero-order valence-corrected chi connectivity index (χ0v) is 12.1. The molecule has 0 heterocycles. The molecule has 3 rings (SSSR count). The van der Waals surface area contributed by atoms with E-state index in [4.69, 9.17) is 11.6 Å². The third-order valence-corrected chi connectivity index (χ3v) is 4.80. The monoisotopic (exact) mass is 275 g/mol. The number of benzene rings is 1. The van der Waals surface area contributed by atoms with Gasteiger partial charge in [-0.3, -0.25) is 0 Å². The Kier molecular flexibility index (Phi) is 4.24. The first-order valence-electron chi connectivity index (χ1n) is 7.45. The Labute approximate surface area is 121 Å². The number of hydrogen-bond acceptors (Lipinski definition) is 1. The highest BCUT2D eigenvalue weighted by Crippen LogP contribution is 2.37. The molecule has 0 radical (unpaired) electrons. The van der Waals surface area contributed by atoms with E-state index in [9.17, 15) is 0 Å². The molecule has 2 heteroatoms. The van der Waals surface area contributed by atoms with Crippen molar-refractivity contribution >= 4 is 11.6 Å². The molecule has 102 valence electrons. The Bertz CT molecular complexity index is 431. The number of hydrogen-bond donors (Lipinski definition) is 1. The summed E-state index contributed by atoms with van der Waals surface area (Å²) < 4.78 is 0. The molecule has 1 atom stereocenters. The Morgan fingerprint density at radius 2 is 1.89 bits per heavy atom. The summed E-state index contributed by atoms with van der Waals surface area (Å²) in [5, 5.41) is 4.58. The van der Waals surface area contributed by atoms with E-state index in [-0.39, 0.29) is 0 Å². The van der Waals surface area contributed by atoms with Gasteiger partial charge in [0.2, 0.25) is 0 Å². The molecule has 1 saturated carbocycles. The molecule has 19 heavy (non-hydrogen) atoms. The molecule has 0 bridgehead atoms. The van der Waals surface area contributed by atoms with Crippen molar-refractivity contribution in [3.63, 3.8) is 0 Å². The minimum Gasteiger partial charge on any atom is -0.314 e. The summed E-state index contributed by atoms with van der Waals surface area (Å²) in [4.78, 5) is 0. The van der Waals surface area contributed by atoms with Crippen molar-refractivity contribution in [3.05, 3.63) is 47.0 Å². The van der Waals surface area contributed by atoms with Crippen LogP contribution >= 0.6 is 11.6 Å². The summed E-state index contributed by atoms with van der Waals surface area (Å²) in [5.74, 6) is 1.60. The van der Waals surface area contributed by atoms with Crippen LogP contribution in [0.1, 0.15) is 43.6 Å². The maximum Gasteiger partial charge on any atom is 0.0406 e. The van der Waals surface area contributed by atoms with Gasteiger partial charge < -0.3 is 5.32 Å². The summed E-state index contributed by atoms with van der Waals surface area (Å²) in [6.45, 7) is 1.20. The molecule has 1 nitrogen and oxygen atoms in total. The predicted octanol–water partition coefficient (Wildman–Crippen LogP) is 4.53. The smallest absolute Gasteiger partial charge is 0.0406 e. The van der Waals surface area contributed by atoms with E-state index in [0.29, 0.717) is 0 Å². The molecule has 2 aliphatic rings. The lowest BCUT2D eigenvalue weighted by molar-refractivity contribution is 0.271. The minimum absolute atomic E-state index is 0.728. The van der Waals surface area contributed by atoms with Gasteiger partial charge in [-0.25, -0.2) is 0 Å². The summed E-state index contributed by atoms with van der Waals surface area (Å²) >= 11 is 5.92. The molecule has 1 aromatic rings. The van der Waals surface area contributed by atoms with Crippen molar-refractivity contribution in [2.75, 3.05) is 6.54 Å². The molecule has 0 amide bonds. The van der Waals surface area contributed by atoms with Crippen LogP contribution in [0.25, 0.3) is 0 Å². The second kappa shape index (κ2) is 6.11. The Balaban J connectivity index is 1.40. The van der Waals surface area contributed by atoms with Gasteiger partial charge in [-0.15, -0.1) is 0 Å². The molecular formula is C17H22ClN. The minimum atomic E-state index is 0.728. The zero-order chi connectivity index (χ0) is 13.1. The van der Waals surface area contributed by atoms with Crippen LogP contribution in [0.5, 0.6) is 0 Å². The molecule has 1 fully saturated rings. The van der Waals surface area contributed by atoms with Gasteiger partial charge in [0.1, 0.15) is 0 Å². The van der Waals surface area contributed by atoms with Gasteiger partial charge in [0.25, 0.3) is 0 Å². The van der Waals surface area contributed by atoms with Gasteiger partial charge in [0.15, 0.2) is 0 Å². The van der Waals surface area contributed by atoms with Crippen molar-refractivity contribution in [2.24, 2.45) is 5.92 Å². The summed E-state index contributed by atoms with van der Waals surface area (Å²) in [5.41, 5.74) is 1.45. The second-order valence-electron chi connectivity index (χ2n) is 5.98. The van der Waals surface area contributed by atoms with Gasteiger partial charge in [0, 0.05) is 11.1 Å². The van der Waals surface area contributed by atoms with Crippen LogP contribution in [0, 0.1) is 5.92 Å². The van der Waals surface area contributed by atoms with E-state index in [1.165, 1.54) is 44.2 Å². The summed E-state index contributed by atoms with van der Waals surface area (Å²) in [7, 11) is 0. The topological polar surface area (TPSA) is 12.0 Å². The number of halogens is 1. The van der Waals surface area contributed by atoms with Crippen LogP contribution in [0.3, 0.4) is 0 Å². The molecule has 0 aliphatic heterocycles. The molecule has 0 saturated heterocycles. The Morgan fingerprint density at radius 1 is 1.11 bits per heavy atom. The first kappa shape index (κ1) is 13.2. The van der Waals surface area contributed by atoms with Crippen LogP contribution in [0.2, 0.25) is 5.02 Å². The van der Waals surface area contributed by atoms with E-state index in [1.807, 2.05) is 12.1 Å². The fourth-order valence-corrected chi connectivity index (χ4v) is 3.29. The highest BCUT2D eigenvalue weighted by molar-refractivity contribution is 6.30. The third-order valence-electron chi connectivity index (χ3n) is 4.55. The van der Waals surface area contributed by atoms with E-state index in [1.54, 1.807) is 0 Å². The maximum absolute atomic E-state index is 5.92. The quantitative estimate of drug-likeness (QED) is 0.796. The lowest BCUT2D eigenvalue weighted by Crippen LogP contribution is -2.42. The van der Waals surface area contributed by atoms with Crippen molar-refractivity contribution < 1.29 is 0 Å². The normalized spacial score (nSPS) is 30.1. The van der Waals surface area contributed by atoms with Gasteiger partial charge >= 0.3 is 0 Å². The Hall–Kier alpha value is -0.790. The fourth-order valence-electron chi connectivity index (χ4n) is 3.17. The van der Waals surface area contributed by atoms with Crippen LogP contribution in [-0.2, 0) is 0 Å². The van der Waals surface area contributed by atoms with Crippen LogP contribution in [0.4, 0.5) is 0 Å². The van der Waals surface area contributed by atoms with E-state index < -0.39 is 0 Å². The largest absolute Gasteiger partial charge is 0.314 e. The number of allylic oxidation sites excluding steroid dienone is 2.